The van der Waals surface area contributed by atoms with Gasteiger partial charge < -0.3 is 9.64 Å². The lowest BCUT2D eigenvalue weighted by molar-refractivity contribution is -0.145. The third kappa shape index (κ3) is 3.49. The molecule has 0 saturated heterocycles. The molecule has 0 spiro atoms. The van der Waals surface area contributed by atoms with Crippen molar-refractivity contribution in [3.63, 3.8) is 0 Å². The van der Waals surface area contributed by atoms with Crippen molar-refractivity contribution in [2.24, 2.45) is 5.92 Å². The summed E-state index contributed by atoms with van der Waals surface area (Å²) in [5.41, 5.74) is -0.856. The predicted molar refractivity (Wildman–Crippen MR) is 64.5 cm³/mol. The summed E-state index contributed by atoms with van der Waals surface area (Å²) < 4.78 is 44.2. The van der Waals surface area contributed by atoms with Crippen LogP contribution in [0.5, 0.6) is 0 Å². The predicted octanol–water partition coefficient (Wildman–Crippen LogP) is 1.98. The van der Waals surface area contributed by atoms with Crippen LogP contribution in [0.4, 0.5) is 13.2 Å². The third-order valence-electron chi connectivity index (χ3n) is 2.72. The molecule has 0 saturated carbocycles. The van der Waals surface area contributed by atoms with Gasteiger partial charge in [-0.05, 0) is 0 Å². The van der Waals surface area contributed by atoms with Gasteiger partial charge in [0.25, 0.3) is 5.91 Å². The van der Waals surface area contributed by atoms with Crippen molar-refractivity contribution in [3.8, 4) is 0 Å². The van der Waals surface area contributed by atoms with E-state index in [2.05, 4.69) is 4.74 Å². The van der Waals surface area contributed by atoms with E-state index in [9.17, 15) is 22.8 Å². The Balaban J connectivity index is 2.93. The topological polar surface area (TPSA) is 46.6 Å². The molecule has 0 N–H and O–H groups in total. The molecule has 0 aromatic heterocycles. The van der Waals surface area contributed by atoms with Crippen LogP contribution in [-0.2, 0) is 9.53 Å². The molecule has 0 fully saturated rings. The standard InChI is InChI=1S/C13H14F3NO3/c1-7(13(19)20-3)6-17(2)12(18)11-9(15)4-8(14)5-10(11)16/h4-5,7H,6H2,1-3H3. The number of ether oxygens (including phenoxy) is 1. The zero-order valence-corrected chi connectivity index (χ0v) is 11.2. The van der Waals surface area contributed by atoms with Crippen LogP contribution >= 0.6 is 0 Å². The SMILES string of the molecule is COC(=O)C(C)CN(C)C(=O)c1c(F)cc(F)cc1F. The molecule has 1 aromatic rings. The minimum atomic E-state index is -1.29. The number of hydrogen-bond acceptors (Lipinski definition) is 3. The van der Waals surface area contributed by atoms with Crippen molar-refractivity contribution in [3.05, 3.63) is 35.1 Å². The van der Waals surface area contributed by atoms with E-state index in [1.807, 2.05) is 0 Å². The van der Waals surface area contributed by atoms with Gasteiger partial charge in [0.2, 0.25) is 0 Å². The molecule has 0 heterocycles. The van der Waals surface area contributed by atoms with E-state index in [0.29, 0.717) is 12.1 Å². The molecular formula is C13H14F3NO3. The van der Waals surface area contributed by atoms with Crippen LogP contribution in [0.25, 0.3) is 0 Å². The average molecular weight is 289 g/mol. The number of carbonyl (C=O) groups is 2. The van der Waals surface area contributed by atoms with E-state index in [4.69, 9.17) is 0 Å². The highest BCUT2D eigenvalue weighted by molar-refractivity contribution is 5.94. The van der Waals surface area contributed by atoms with Gasteiger partial charge in [-0.2, -0.15) is 0 Å². The van der Waals surface area contributed by atoms with Crippen molar-refractivity contribution in [1.29, 1.82) is 0 Å². The monoisotopic (exact) mass is 289 g/mol. The second-order valence-corrected chi connectivity index (χ2v) is 4.35. The number of amides is 1. The van der Waals surface area contributed by atoms with Gasteiger partial charge in [-0.25, -0.2) is 13.2 Å². The Morgan fingerprint density at radius 1 is 1.25 bits per heavy atom. The van der Waals surface area contributed by atoms with Crippen LogP contribution in [0.1, 0.15) is 17.3 Å². The quantitative estimate of drug-likeness (QED) is 0.796. The Kier molecular flexibility index (Phi) is 5.12. The van der Waals surface area contributed by atoms with Gasteiger partial charge in [-0.1, -0.05) is 6.92 Å². The molecule has 1 amide bonds. The molecule has 0 aliphatic rings. The summed E-state index contributed by atoms with van der Waals surface area (Å²) in [4.78, 5) is 24.1. The summed E-state index contributed by atoms with van der Waals surface area (Å²) in [5, 5.41) is 0. The molecule has 0 aliphatic carbocycles. The Labute approximate surface area is 114 Å². The lowest BCUT2D eigenvalue weighted by Gasteiger charge is -2.20. The van der Waals surface area contributed by atoms with Crippen LogP contribution in [0.2, 0.25) is 0 Å². The molecule has 1 unspecified atom stereocenters. The first-order valence-corrected chi connectivity index (χ1v) is 5.75. The number of rotatable bonds is 4. The number of hydrogen-bond donors (Lipinski definition) is 0. The normalized spacial score (nSPS) is 11.9. The number of carbonyl (C=O) groups excluding carboxylic acids is 2. The fourth-order valence-corrected chi connectivity index (χ4v) is 1.71. The lowest BCUT2D eigenvalue weighted by atomic mass is 10.1. The van der Waals surface area contributed by atoms with E-state index in [1.165, 1.54) is 21.1 Å². The minimum absolute atomic E-state index is 0.0816. The van der Waals surface area contributed by atoms with Crippen molar-refractivity contribution in [2.45, 2.75) is 6.92 Å². The molecule has 1 rings (SSSR count). The van der Waals surface area contributed by atoms with Gasteiger partial charge >= 0.3 is 5.97 Å². The molecule has 1 aromatic carbocycles. The highest BCUT2D eigenvalue weighted by Crippen LogP contribution is 2.17. The van der Waals surface area contributed by atoms with Crippen LogP contribution in [0.15, 0.2) is 12.1 Å². The second kappa shape index (κ2) is 6.40. The smallest absolute Gasteiger partial charge is 0.310 e. The molecule has 0 bridgehead atoms. The van der Waals surface area contributed by atoms with Crippen molar-refractivity contribution in [1.82, 2.24) is 4.90 Å². The molecular weight excluding hydrogens is 275 g/mol. The molecule has 0 aliphatic heterocycles. The Hall–Kier alpha value is -2.05. The summed E-state index contributed by atoms with van der Waals surface area (Å²) in [6, 6.07) is 0.849. The third-order valence-corrected chi connectivity index (χ3v) is 2.72. The summed E-state index contributed by atoms with van der Waals surface area (Å²) in [6.45, 7) is 1.43. The van der Waals surface area contributed by atoms with E-state index in [-0.39, 0.29) is 6.54 Å². The zero-order valence-electron chi connectivity index (χ0n) is 11.2. The van der Waals surface area contributed by atoms with Crippen LogP contribution in [0, 0.1) is 23.4 Å². The molecule has 0 radical (unpaired) electrons. The Morgan fingerprint density at radius 2 is 1.75 bits per heavy atom. The second-order valence-electron chi connectivity index (χ2n) is 4.35. The number of benzene rings is 1. The first kappa shape index (κ1) is 16.0. The maximum atomic E-state index is 13.5. The van der Waals surface area contributed by atoms with Crippen molar-refractivity contribution < 1.29 is 27.5 Å². The maximum Gasteiger partial charge on any atom is 0.310 e. The Morgan fingerprint density at radius 3 is 2.20 bits per heavy atom. The molecule has 110 valence electrons. The first-order chi connectivity index (χ1) is 9.27. The van der Waals surface area contributed by atoms with E-state index < -0.39 is 40.8 Å². The van der Waals surface area contributed by atoms with Gasteiger partial charge in [-0.3, -0.25) is 9.59 Å². The fourth-order valence-electron chi connectivity index (χ4n) is 1.71. The zero-order chi connectivity index (χ0) is 15.4. The first-order valence-electron chi connectivity index (χ1n) is 5.75. The summed E-state index contributed by atoms with van der Waals surface area (Å²) in [7, 11) is 2.48. The Bertz CT molecular complexity index is 511. The van der Waals surface area contributed by atoms with Crippen LogP contribution in [-0.4, -0.2) is 37.5 Å². The minimum Gasteiger partial charge on any atom is -0.469 e. The number of esters is 1. The maximum absolute atomic E-state index is 13.5. The van der Waals surface area contributed by atoms with E-state index in [1.54, 1.807) is 0 Å². The molecule has 1 atom stereocenters. The summed E-state index contributed by atoms with van der Waals surface area (Å²) in [5.74, 6) is -5.86. The van der Waals surface area contributed by atoms with Crippen LogP contribution < -0.4 is 0 Å². The fraction of sp³-hybridized carbons (Fsp3) is 0.385. The van der Waals surface area contributed by atoms with Gasteiger partial charge in [0.1, 0.15) is 23.0 Å². The number of methoxy groups -OCH3 is 1. The highest BCUT2D eigenvalue weighted by Gasteiger charge is 2.25. The molecule has 4 nitrogen and oxygen atoms in total. The van der Waals surface area contributed by atoms with Crippen LogP contribution in [0.3, 0.4) is 0 Å². The molecule has 20 heavy (non-hydrogen) atoms. The van der Waals surface area contributed by atoms with Crippen molar-refractivity contribution >= 4 is 11.9 Å². The van der Waals surface area contributed by atoms with Gasteiger partial charge in [-0.15, -0.1) is 0 Å². The summed E-state index contributed by atoms with van der Waals surface area (Å²) in [6.07, 6.45) is 0. The average Bonchev–Trinajstić information content (AvgIpc) is 2.36. The van der Waals surface area contributed by atoms with Gasteiger partial charge in [0.15, 0.2) is 0 Å². The van der Waals surface area contributed by atoms with Gasteiger partial charge in [0.05, 0.1) is 13.0 Å². The highest BCUT2D eigenvalue weighted by atomic mass is 19.1. The van der Waals surface area contributed by atoms with Crippen molar-refractivity contribution in [2.75, 3.05) is 20.7 Å². The number of nitrogens with zero attached hydrogens (tertiary/aromatic N) is 1. The lowest BCUT2D eigenvalue weighted by Crippen LogP contribution is -2.35. The largest absolute Gasteiger partial charge is 0.469 e. The van der Waals surface area contributed by atoms with Gasteiger partial charge in [0, 0.05) is 25.7 Å². The van der Waals surface area contributed by atoms with E-state index in [0.717, 1.165) is 4.90 Å². The number of halogens is 3. The summed E-state index contributed by atoms with van der Waals surface area (Å²) >= 11 is 0. The van der Waals surface area contributed by atoms with E-state index >= 15 is 0 Å². The molecule has 7 heteroatoms.